The molecule has 1 amide bonds. The first-order valence-corrected chi connectivity index (χ1v) is 6.41. The highest BCUT2D eigenvalue weighted by Crippen LogP contribution is 2.06. The van der Waals surface area contributed by atoms with Crippen molar-refractivity contribution in [3.05, 3.63) is 71.0 Å². The Balaban J connectivity index is 1.95. The quantitative estimate of drug-likeness (QED) is 0.848. The summed E-state index contributed by atoms with van der Waals surface area (Å²) in [6.07, 6.45) is 0. The van der Waals surface area contributed by atoms with Crippen molar-refractivity contribution >= 4 is 5.91 Å². The number of aliphatic hydroxyl groups is 1. The molecule has 0 atom stereocenters. The van der Waals surface area contributed by atoms with Crippen LogP contribution >= 0.6 is 0 Å². The van der Waals surface area contributed by atoms with Crippen LogP contribution in [0.5, 0.6) is 0 Å². The van der Waals surface area contributed by atoms with Crippen molar-refractivity contribution < 1.29 is 14.3 Å². The Labute approximate surface area is 122 Å². The van der Waals surface area contributed by atoms with Crippen molar-refractivity contribution in [2.45, 2.75) is 6.54 Å². The summed E-state index contributed by atoms with van der Waals surface area (Å²) in [6.45, 7) is 0.175. The average molecular weight is 283 g/mol. The van der Waals surface area contributed by atoms with Gasteiger partial charge in [-0.3, -0.25) is 4.79 Å². The van der Waals surface area contributed by atoms with E-state index in [9.17, 15) is 9.18 Å². The second-order valence-electron chi connectivity index (χ2n) is 4.35. The first-order chi connectivity index (χ1) is 10.2. The molecule has 2 rings (SSSR count). The van der Waals surface area contributed by atoms with Gasteiger partial charge >= 0.3 is 0 Å². The van der Waals surface area contributed by atoms with E-state index in [4.69, 9.17) is 5.11 Å². The summed E-state index contributed by atoms with van der Waals surface area (Å²) in [7, 11) is 0. The van der Waals surface area contributed by atoms with Gasteiger partial charge in [0.1, 0.15) is 12.4 Å². The van der Waals surface area contributed by atoms with Crippen molar-refractivity contribution in [3.63, 3.8) is 0 Å². The average Bonchev–Trinajstić information content (AvgIpc) is 2.51. The molecule has 0 fully saturated rings. The summed E-state index contributed by atoms with van der Waals surface area (Å²) >= 11 is 0. The number of halogens is 1. The molecule has 106 valence electrons. The molecule has 0 unspecified atom stereocenters. The molecule has 0 radical (unpaired) electrons. The normalized spacial score (nSPS) is 9.62. The maximum atomic E-state index is 13.0. The molecule has 0 heterocycles. The number of aliphatic hydroxyl groups excluding tert-OH is 1. The Morgan fingerprint density at radius 2 is 1.95 bits per heavy atom. The number of rotatable bonds is 3. The molecular weight excluding hydrogens is 269 g/mol. The molecule has 0 aromatic heterocycles. The fourth-order valence-electron chi connectivity index (χ4n) is 1.76. The molecule has 2 N–H and O–H groups in total. The number of hydrogen-bond donors (Lipinski definition) is 2. The summed E-state index contributed by atoms with van der Waals surface area (Å²) in [5.74, 6) is 4.59. The van der Waals surface area contributed by atoms with Gasteiger partial charge < -0.3 is 10.4 Å². The fourth-order valence-corrected chi connectivity index (χ4v) is 1.76. The van der Waals surface area contributed by atoms with Crippen LogP contribution in [0.1, 0.15) is 21.5 Å². The lowest BCUT2D eigenvalue weighted by atomic mass is 10.1. The lowest BCUT2D eigenvalue weighted by molar-refractivity contribution is 0.0950. The van der Waals surface area contributed by atoms with Gasteiger partial charge in [0.15, 0.2) is 0 Å². The molecule has 0 aliphatic rings. The van der Waals surface area contributed by atoms with E-state index in [2.05, 4.69) is 17.2 Å². The summed E-state index contributed by atoms with van der Waals surface area (Å²) in [5, 5.41) is 11.3. The smallest absolute Gasteiger partial charge is 0.251 e. The molecule has 0 bridgehead atoms. The summed E-state index contributed by atoms with van der Waals surface area (Å²) in [5.41, 5.74) is 2.00. The van der Waals surface area contributed by atoms with E-state index >= 15 is 0 Å². The Bertz CT molecular complexity index is 684. The molecule has 0 spiro atoms. The minimum atomic E-state index is -0.436. The molecule has 21 heavy (non-hydrogen) atoms. The van der Waals surface area contributed by atoms with E-state index in [1.165, 1.54) is 18.2 Å². The Kier molecular flexibility index (Phi) is 5.08. The minimum Gasteiger partial charge on any atom is -0.384 e. The highest BCUT2D eigenvalue weighted by molar-refractivity contribution is 5.94. The molecule has 0 aliphatic carbocycles. The maximum Gasteiger partial charge on any atom is 0.251 e. The van der Waals surface area contributed by atoms with E-state index in [0.717, 1.165) is 11.1 Å². The number of benzene rings is 2. The van der Waals surface area contributed by atoms with Crippen LogP contribution in [0, 0.1) is 17.7 Å². The van der Waals surface area contributed by atoms with Gasteiger partial charge in [-0.15, -0.1) is 0 Å². The van der Waals surface area contributed by atoms with E-state index in [1.54, 1.807) is 6.07 Å². The van der Waals surface area contributed by atoms with Gasteiger partial charge in [-0.25, -0.2) is 4.39 Å². The Morgan fingerprint density at radius 1 is 1.19 bits per heavy atom. The van der Waals surface area contributed by atoms with Crippen LogP contribution < -0.4 is 5.32 Å². The summed E-state index contributed by atoms with van der Waals surface area (Å²) in [6, 6.07) is 12.9. The van der Waals surface area contributed by atoms with E-state index in [0.29, 0.717) is 12.1 Å². The van der Waals surface area contributed by atoms with Crippen LogP contribution in [0.25, 0.3) is 0 Å². The molecule has 3 nitrogen and oxygen atoms in total. The maximum absolute atomic E-state index is 13.0. The van der Waals surface area contributed by atoms with Crippen molar-refractivity contribution in [1.29, 1.82) is 0 Å². The number of hydrogen-bond acceptors (Lipinski definition) is 2. The van der Waals surface area contributed by atoms with Gasteiger partial charge in [0.05, 0.1) is 0 Å². The Hall–Kier alpha value is -2.64. The molecule has 2 aromatic rings. The van der Waals surface area contributed by atoms with E-state index in [-0.39, 0.29) is 12.5 Å². The third-order valence-electron chi connectivity index (χ3n) is 2.81. The second-order valence-corrected chi connectivity index (χ2v) is 4.35. The summed E-state index contributed by atoms with van der Waals surface area (Å²) in [4.78, 5) is 11.9. The van der Waals surface area contributed by atoms with Gasteiger partial charge in [0, 0.05) is 17.7 Å². The van der Waals surface area contributed by atoms with Gasteiger partial charge in [0.2, 0.25) is 0 Å². The Morgan fingerprint density at radius 3 is 2.62 bits per heavy atom. The lowest BCUT2D eigenvalue weighted by Crippen LogP contribution is -2.22. The van der Waals surface area contributed by atoms with Crippen LogP contribution in [-0.2, 0) is 6.54 Å². The third-order valence-corrected chi connectivity index (χ3v) is 2.81. The third kappa shape index (κ3) is 4.44. The van der Waals surface area contributed by atoms with Gasteiger partial charge in [-0.05, 0) is 35.9 Å². The van der Waals surface area contributed by atoms with Gasteiger partial charge in [-0.1, -0.05) is 30.0 Å². The molecular formula is C17H14FNO2. The zero-order chi connectivity index (χ0) is 15.1. The minimum absolute atomic E-state index is 0.175. The van der Waals surface area contributed by atoms with Crippen LogP contribution in [0.3, 0.4) is 0 Å². The number of nitrogens with one attached hydrogen (secondary N) is 1. The number of carbonyl (C=O) groups is 1. The zero-order valence-electron chi connectivity index (χ0n) is 11.3. The van der Waals surface area contributed by atoms with Crippen molar-refractivity contribution in [2.24, 2.45) is 0 Å². The van der Waals surface area contributed by atoms with Crippen molar-refractivity contribution in [2.75, 3.05) is 6.61 Å². The monoisotopic (exact) mass is 283 g/mol. The van der Waals surface area contributed by atoms with E-state index < -0.39 is 5.82 Å². The van der Waals surface area contributed by atoms with Gasteiger partial charge in [0.25, 0.3) is 5.91 Å². The second kappa shape index (κ2) is 7.22. The number of amides is 1. The topological polar surface area (TPSA) is 49.3 Å². The number of carbonyl (C=O) groups excluding carboxylic acids is 1. The standard InChI is InChI=1S/C17H14FNO2/c18-16-5-1-4-15(11-16)17(21)19-12-14-8-6-13(7-9-14)3-2-10-20/h1,4-9,11,20H,10,12H2,(H,19,21). The van der Waals surface area contributed by atoms with Crippen molar-refractivity contribution in [1.82, 2.24) is 5.32 Å². The lowest BCUT2D eigenvalue weighted by Gasteiger charge is -2.05. The molecule has 0 saturated carbocycles. The SMILES string of the molecule is O=C(NCc1ccc(C#CCO)cc1)c1cccc(F)c1. The fraction of sp³-hybridized carbons (Fsp3) is 0.118. The van der Waals surface area contributed by atoms with Crippen LogP contribution in [0.4, 0.5) is 4.39 Å². The summed E-state index contributed by atoms with van der Waals surface area (Å²) < 4.78 is 13.0. The van der Waals surface area contributed by atoms with Crippen molar-refractivity contribution in [3.8, 4) is 11.8 Å². The van der Waals surface area contributed by atoms with Crippen LogP contribution in [0.2, 0.25) is 0 Å². The van der Waals surface area contributed by atoms with Gasteiger partial charge in [-0.2, -0.15) is 0 Å². The first kappa shape index (κ1) is 14.8. The molecule has 0 saturated heterocycles. The highest BCUT2D eigenvalue weighted by Gasteiger charge is 2.05. The predicted octanol–water partition coefficient (Wildman–Crippen LogP) is 2.10. The highest BCUT2D eigenvalue weighted by atomic mass is 19.1. The molecule has 2 aromatic carbocycles. The first-order valence-electron chi connectivity index (χ1n) is 6.41. The zero-order valence-corrected chi connectivity index (χ0v) is 11.3. The predicted molar refractivity (Wildman–Crippen MR) is 78.0 cm³/mol. The van der Waals surface area contributed by atoms with Crippen LogP contribution in [0.15, 0.2) is 48.5 Å². The molecule has 0 aliphatic heterocycles. The molecule has 4 heteroatoms. The van der Waals surface area contributed by atoms with Crippen LogP contribution in [-0.4, -0.2) is 17.6 Å². The largest absolute Gasteiger partial charge is 0.384 e. The van der Waals surface area contributed by atoms with E-state index in [1.807, 2.05) is 24.3 Å².